The van der Waals surface area contributed by atoms with Gasteiger partial charge in [0.25, 0.3) is 0 Å². The van der Waals surface area contributed by atoms with E-state index in [1.807, 2.05) is 0 Å². The highest BCUT2D eigenvalue weighted by Gasteiger charge is 2.52. The lowest BCUT2D eigenvalue weighted by Gasteiger charge is -2.44. The summed E-state index contributed by atoms with van der Waals surface area (Å²) in [6.07, 6.45) is 13.0. The van der Waals surface area contributed by atoms with Crippen LogP contribution in [0.15, 0.2) is 146 Å². The van der Waals surface area contributed by atoms with Gasteiger partial charge in [-0.1, -0.05) is 143 Å². The van der Waals surface area contributed by atoms with Gasteiger partial charge in [-0.2, -0.15) is 0 Å². The van der Waals surface area contributed by atoms with Crippen LogP contribution in [-0.2, 0) is 16.2 Å². The van der Waals surface area contributed by atoms with Crippen LogP contribution in [0.25, 0.3) is 45.0 Å². The monoisotopic (exact) mass is 862 g/mol. The Hall–Kier alpha value is -5.80. The molecule has 4 fully saturated rings. The molecule has 13 rings (SSSR count). The first-order chi connectivity index (χ1) is 32.3. The van der Waals surface area contributed by atoms with Gasteiger partial charge < -0.3 is 4.74 Å². The summed E-state index contributed by atoms with van der Waals surface area (Å²) < 4.78 is 6.65. The average molecular weight is 863 g/mol. The molecule has 5 aliphatic carbocycles. The molecule has 330 valence electrons. The third-order valence-corrected chi connectivity index (χ3v) is 19.1. The average Bonchev–Trinajstić information content (AvgIpc) is 3.84. The molecule has 0 saturated heterocycles. The Balaban J connectivity index is 1.00. The van der Waals surface area contributed by atoms with Crippen LogP contribution in [-0.4, -0.2) is 9.97 Å². The SMILES string of the molecule is CCC1(c2cccc(-c3cc(-c4ccccc4C4(CC)CC5CC[C@H](C4)C5C)nc(-c4ccc5c(c4)-c4ccccc4C54c5ccccc5Oc5ccccc54)n3)c2)CC2CC[C@H](C1)C2C. The Morgan fingerprint density at radius 2 is 0.985 bits per heavy atom. The van der Waals surface area contributed by atoms with E-state index < -0.39 is 5.41 Å². The summed E-state index contributed by atoms with van der Waals surface area (Å²) in [7, 11) is 0. The van der Waals surface area contributed by atoms with Crippen LogP contribution in [0.5, 0.6) is 11.5 Å². The van der Waals surface area contributed by atoms with E-state index in [2.05, 4.69) is 173 Å². The van der Waals surface area contributed by atoms with Crippen molar-refractivity contribution in [3.05, 3.63) is 179 Å². The molecule has 1 spiro atoms. The van der Waals surface area contributed by atoms with Crippen molar-refractivity contribution in [2.75, 3.05) is 0 Å². The fourth-order valence-electron chi connectivity index (χ4n) is 15.5. The number of hydrogen-bond donors (Lipinski definition) is 0. The quantitative estimate of drug-likeness (QED) is 0.160. The Morgan fingerprint density at radius 1 is 0.455 bits per heavy atom. The van der Waals surface area contributed by atoms with Crippen molar-refractivity contribution >= 4 is 0 Å². The molecular formula is C63H62N2O. The summed E-state index contributed by atoms with van der Waals surface area (Å²) in [5, 5.41) is 0. The Bertz CT molecular complexity index is 2980. The second-order valence-electron chi connectivity index (χ2n) is 21.7. The highest BCUT2D eigenvalue weighted by molar-refractivity contribution is 5.90. The maximum absolute atomic E-state index is 6.65. The van der Waals surface area contributed by atoms with Gasteiger partial charge in [0.1, 0.15) is 11.5 Å². The van der Waals surface area contributed by atoms with E-state index in [4.69, 9.17) is 14.7 Å². The van der Waals surface area contributed by atoms with Crippen molar-refractivity contribution in [1.29, 1.82) is 0 Å². The zero-order valence-corrected chi connectivity index (χ0v) is 39.2. The lowest BCUT2D eigenvalue weighted by atomic mass is 9.60. The molecule has 1 aliphatic heterocycles. The van der Waals surface area contributed by atoms with Crippen molar-refractivity contribution < 1.29 is 4.74 Å². The Morgan fingerprint density at radius 3 is 1.62 bits per heavy atom. The molecule has 0 radical (unpaired) electrons. The number of aromatic nitrogens is 2. The van der Waals surface area contributed by atoms with Crippen molar-refractivity contribution in [1.82, 2.24) is 9.97 Å². The summed E-state index contributed by atoms with van der Waals surface area (Å²) in [6, 6.07) is 54.6. The smallest absolute Gasteiger partial charge is 0.160 e. The predicted molar refractivity (Wildman–Crippen MR) is 269 cm³/mol. The fourth-order valence-corrected chi connectivity index (χ4v) is 15.5. The van der Waals surface area contributed by atoms with E-state index in [1.165, 1.54) is 113 Å². The standard InChI is InChI=1S/C63H62N2O/c1-5-61(35-43-26-27-44(36-61)39(43)3)47-17-15-16-41(32-47)56-34-57(49-19-8-9-20-51(49)62(6-2)37-45-28-29-46(38-62)40(45)4)65-60(64-56)42-30-31-53-50(33-42)48-18-7-10-21-52(48)63(53)54-22-11-13-24-58(54)66-59-25-14-12-23-55(59)63/h7-25,30-34,39-40,43-46H,5-6,26-29,35-38H2,1-4H3/t39?,40?,43-,44?,45-,46?,61?,62?/m1/s1. The lowest BCUT2D eigenvalue weighted by molar-refractivity contribution is 0.145. The molecule has 66 heavy (non-hydrogen) atoms. The molecule has 0 amide bonds. The van der Waals surface area contributed by atoms with Gasteiger partial charge in [0, 0.05) is 27.8 Å². The second kappa shape index (κ2) is 15.1. The van der Waals surface area contributed by atoms with Gasteiger partial charge in [-0.05, 0) is 174 Å². The van der Waals surface area contributed by atoms with E-state index >= 15 is 0 Å². The molecule has 4 saturated carbocycles. The molecule has 2 heterocycles. The zero-order chi connectivity index (χ0) is 44.4. The minimum absolute atomic E-state index is 0.146. The van der Waals surface area contributed by atoms with Crippen molar-refractivity contribution in [2.24, 2.45) is 35.5 Å². The van der Waals surface area contributed by atoms with Gasteiger partial charge >= 0.3 is 0 Å². The molecule has 0 N–H and O–H groups in total. The van der Waals surface area contributed by atoms with Crippen LogP contribution in [0.3, 0.4) is 0 Å². The maximum atomic E-state index is 6.65. The van der Waals surface area contributed by atoms with Crippen molar-refractivity contribution in [2.45, 2.75) is 108 Å². The number of benzene rings is 6. The summed E-state index contributed by atoms with van der Waals surface area (Å²) in [5.74, 6) is 7.54. The first kappa shape index (κ1) is 40.5. The molecule has 1 aromatic heterocycles. The third kappa shape index (κ3) is 5.80. The summed E-state index contributed by atoms with van der Waals surface area (Å²) in [5.41, 5.74) is 15.8. The van der Waals surface area contributed by atoms with Crippen LogP contribution in [0.1, 0.15) is 125 Å². The summed E-state index contributed by atoms with van der Waals surface area (Å²) in [4.78, 5) is 11.3. The van der Waals surface area contributed by atoms with E-state index in [0.717, 1.165) is 76.2 Å². The molecule has 6 aromatic carbocycles. The highest BCUT2D eigenvalue weighted by atomic mass is 16.5. The van der Waals surface area contributed by atoms with E-state index in [9.17, 15) is 0 Å². The Kier molecular flexibility index (Phi) is 9.27. The second-order valence-corrected chi connectivity index (χ2v) is 21.7. The van der Waals surface area contributed by atoms with Crippen LogP contribution in [0.2, 0.25) is 0 Å². The van der Waals surface area contributed by atoms with Crippen LogP contribution in [0, 0.1) is 35.5 Å². The summed E-state index contributed by atoms with van der Waals surface area (Å²) >= 11 is 0. The number of nitrogens with zero attached hydrogens (tertiary/aromatic N) is 2. The summed E-state index contributed by atoms with van der Waals surface area (Å²) in [6.45, 7) is 9.94. The normalized spacial score (nSPS) is 28.3. The maximum Gasteiger partial charge on any atom is 0.160 e. The van der Waals surface area contributed by atoms with Crippen LogP contribution in [0.4, 0.5) is 0 Å². The highest BCUT2D eigenvalue weighted by Crippen LogP contribution is 2.63. The molecule has 3 nitrogen and oxygen atoms in total. The van der Waals surface area contributed by atoms with Crippen molar-refractivity contribution in [3.63, 3.8) is 0 Å². The van der Waals surface area contributed by atoms with Crippen LogP contribution < -0.4 is 4.74 Å². The number of ether oxygens (including phenoxy) is 1. The molecule has 7 aromatic rings. The van der Waals surface area contributed by atoms with Gasteiger partial charge in [0.05, 0.1) is 16.8 Å². The largest absolute Gasteiger partial charge is 0.457 e. The Labute approximate surface area is 392 Å². The minimum atomic E-state index is -0.514. The minimum Gasteiger partial charge on any atom is -0.457 e. The zero-order valence-electron chi connectivity index (χ0n) is 39.2. The molecule has 6 unspecified atom stereocenters. The first-order valence-electron chi connectivity index (χ1n) is 25.5. The third-order valence-electron chi connectivity index (χ3n) is 19.1. The number of para-hydroxylation sites is 2. The number of hydrogen-bond acceptors (Lipinski definition) is 3. The van der Waals surface area contributed by atoms with Gasteiger partial charge in [-0.15, -0.1) is 0 Å². The number of fused-ring (bicyclic) bond motifs is 13. The van der Waals surface area contributed by atoms with E-state index in [0.29, 0.717) is 0 Å². The van der Waals surface area contributed by atoms with Gasteiger partial charge in [0.2, 0.25) is 0 Å². The van der Waals surface area contributed by atoms with Crippen LogP contribution >= 0.6 is 0 Å². The fraction of sp³-hybridized carbons (Fsp3) is 0.365. The molecule has 6 aliphatic rings. The molecule has 8 atom stereocenters. The first-order valence-corrected chi connectivity index (χ1v) is 25.5. The molecular weight excluding hydrogens is 801 g/mol. The topological polar surface area (TPSA) is 35.0 Å². The predicted octanol–water partition coefficient (Wildman–Crippen LogP) is 16.2. The molecule has 3 heteroatoms. The van der Waals surface area contributed by atoms with E-state index in [1.54, 1.807) is 0 Å². The van der Waals surface area contributed by atoms with E-state index in [-0.39, 0.29) is 10.8 Å². The lowest BCUT2D eigenvalue weighted by Crippen LogP contribution is -2.37. The van der Waals surface area contributed by atoms with Gasteiger partial charge in [-0.25, -0.2) is 9.97 Å². The number of rotatable bonds is 7. The van der Waals surface area contributed by atoms with Crippen molar-refractivity contribution in [3.8, 4) is 56.5 Å². The molecule has 4 bridgehead atoms. The van der Waals surface area contributed by atoms with Gasteiger partial charge in [0.15, 0.2) is 5.82 Å². The van der Waals surface area contributed by atoms with Gasteiger partial charge in [-0.3, -0.25) is 0 Å².